The Hall–Kier alpha value is -1.13. The number of ketones is 1. The highest BCUT2D eigenvalue weighted by Crippen LogP contribution is 2.12. The molecule has 1 aliphatic heterocycles. The number of rotatable bonds is 4. The van der Waals surface area contributed by atoms with E-state index in [1.807, 2.05) is 12.1 Å². The summed E-state index contributed by atoms with van der Waals surface area (Å²) in [6.07, 6.45) is 4.05. The van der Waals surface area contributed by atoms with Gasteiger partial charge in [-0.2, -0.15) is 0 Å². The van der Waals surface area contributed by atoms with Crippen molar-refractivity contribution in [2.24, 2.45) is 0 Å². The lowest BCUT2D eigenvalue weighted by Crippen LogP contribution is -2.42. The Morgan fingerprint density at radius 1 is 1.50 bits per heavy atom. The zero-order chi connectivity index (χ0) is 13.0. The summed E-state index contributed by atoms with van der Waals surface area (Å²) < 4.78 is 0. The minimum absolute atomic E-state index is 0.197. The van der Waals surface area contributed by atoms with Gasteiger partial charge in [0.1, 0.15) is 0 Å². The summed E-state index contributed by atoms with van der Waals surface area (Å²) in [4.78, 5) is 19.8. The van der Waals surface area contributed by atoms with E-state index in [0.29, 0.717) is 12.6 Å². The molecule has 1 N–H and O–H groups in total. The first kappa shape index (κ1) is 13.3. The van der Waals surface area contributed by atoms with Crippen molar-refractivity contribution in [3.05, 3.63) is 24.0 Å². The lowest BCUT2D eigenvalue weighted by Gasteiger charge is -2.29. The molecule has 1 aliphatic rings. The van der Waals surface area contributed by atoms with E-state index in [0.717, 1.165) is 38.2 Å². The smallest absolute Gasteiger partial charge is 0.192 e. The average molecular weight is 249 g/mol. The number of nitrogens with zero attached hydrogens (tertiary/aromatic N) is 2. The maximum atomic E-state index is 12.1. The Morgan fingerprint density at radius 2 is 2.33 bits per heavy atom. The van der Waals surface area contributed by atoms with Crippen LogP contribution in [0.4, 0.5) is 0 Å². The second-order valence-electron chi connectivity index (χ2n) is 5.16. The van der Waals surface area contributed by atoms with Gasteiger partial charge in [0.2, 0.25) is 0 Å². The fourth-order valence-electron chi connectivity index (χ4n) is 2.66. The summed E-state index contributed by atoms with van der Waals surface area (Å²) in [5, 5.41) is 0. The Kier molecular flexibility index (Phi) is 4.55. The molecule has 1 aromatic heterocycles. The van der Waals surface area contributed by atoms with Gasteiger partial charge in [0.15, 0.2) is 5.78 Å². The van der Waals surface area contributed by atoms with Gasteiger partial charge in [-0.25, -0.2) is 0 Å². The maximum absolute atomic E-state index is 12.1. The minimum atomic E-state index is 0.197. The summed E-state index contributed by atoms with van der Waals surface area (Å²) in [6, 6.07) is 4.23. The highest BCUT2D eigenvalue weighted by molar-refractivity contribution is 5.95. The van der Waals surface area contributed by atoms with Crippen LogP contribution in [0.2, 0.25) is 0 Å². The van der Waals surface area contributed by atoms with Gasteiger partial charge in [-0.1, -0.05) is 6.92 Å². The third-order valence-electron chi connectivity index (χ3n) is 3.74. The van der Waals surface area contributed by atoms with E-state index in [4.69, 9.17) is 0 Å². The molecule has 2 heterocycles. The van der Waals surface area contributed by atoms with E-state index in [9.17, 15) is 4.79 Å². The number of aromatic nitrogens is 1. The number of Topliss-reactive ketones (excluding diaryl/α,β-unsaturated/α-hetero) is 1. The molecule has 1 atom stereocenters. The molecular formula is C14H23N3O. The monoisotopic (exact) mass is 249 g/mol. The van der Waals surface area contributed by atoms with Crippen LogP contribution in [-0.2, 0) is 0 Å². The van der Waals surface area contributed by atoms with Crippen molar-refractivity contribution in [3.8, 4) is 0 Å². The third-order valence-corrected chi connectivity index (χ3v) is 3.74. The molecule has 2 rings (SSSR count). The molecule has 18 heavy (non-hydrogen) atoms. The van der Waals surface area contributed by atoms with Crippen molar-refractivity contribution >= 4 is 5.78 Å². The summed E-state index contributed by atoms with van der Waals surface area (Å²) in [5.41, 5.74) is 0.724. The number of nitrogens with one attached hydrogen (secondary N) is 1. The van der Waals surface area contributed by atoms with Gasteiger partial charge < -0.3 is 9.88 Å². The van der Waals surface area contributed by atoms with Gasteiger partial charge in [-0.15, -0.1) is 0 Å². The van der Waals surface area contributed by atoms with Gasteiger partial charge in [0.25, 0.3) is 0 Å². The maximum Gasteiger partial charge on any atom is 0.192 e. The summed E-state index contributed by atoms with van der Waals surface area (Å²) in [6.45, 7) is 5.95. The molecule has 4 nitrogen and oxygen atoms in total. The number of likely N-dealkylation sites (N-methyl/N-ethyl adjacent to an activating group) is 1. The van der Waals surface area contributed by atoms with Crippen molar-refractivity contribution in [1.82, 2.24) is 14.8 Å². The highest BCUT2D eigenvalue weighted by Gasteiger charge is 2.24. The van der Waals surface area contributed by atoms with Crippen LogP contribution in [0, 0.1) is 0 Å². The van der Waals surface area contributed by atoms with Crippen LogP contribution in [0.15, 0.2) is 18.3 Å². The molecule has 0 bridgehead atoms. The van der Waals surface area contributed by atoms with Crippen LogP contribution in [0.3, 0.4) is 0 Å². The fraction of sp³-hybridized carbons (Fsp3) is 0.643. The van der Waals surface area contributed by atoms with Crippen LogP contribution in [-0.4, -0.2) is 59.8 Å². The van der Waals surface area contributed by atoms with E-state index in [-0.39, 0.29) is 5.78 Å². The molecule has 0 aromatic carbocycles. The molecule has 0 spiro atoms. The number of aromatic amines is 1. The van der Waals surface area contributed by atoms with Gasteiger partial charge in [0.05, 0.1) is 12.2 Å². The SMILES string of the molecule is CCC1CN(C)CCCN1CC(=O)c1ccc[nH]1. The quantitative estimate of drug-likeness (QED) is 0.824. The van der Waals surface area contributed by atoms with Crippen molar-refractivity contribution in [2.75, 3.05) is 33.2 Å². The van der Waals surface area contributed by atoms with E-state index < -0.39 is 0 Å². The van der Waals surface area contributed by atoms with Gasteiger partial charge in [0, 0.05) is 25.3 Å². The van der Waals surface area contributed by atoms with Gasteiger partial charge in [-0.05, 0) is 38.6 Å². The number of H-pyrrole nitrogens is 1. The first-order valence-electron chi connectivity index (χ1n) is 6.80. The fourth-order valence-corrected chi connectivity index (χ4v) is 2.66. The summed E-state index contributed by atoms with van der Waals surface area (Å²) in [5.74, 6) is 0.197. The normalized spacial score (nSPS) is 22.9. The Bertz CT molecular complexity index is 374. The van der Waals surface area contributed by atoms with Gasteiger partial charge >= 0.3 is 0 Å². The van der Waals surface area contributed by atoms with Crippen LogP contribution >= 0.6 is 0 Å². The zero-order valence-electron chi connectivity index (χ0n) is 11.4. The van der Waals surface area contributed by atoms with E-state index in [1.165, 1.54) is 0 Å². The second kappa shape index (κ2) is 6.16. The lowest BCUT2D eigenvalue weighted by atomic mass is 10.1. The molecule has 4 heteroatoms. The summed E-state index contributed by atoms with van der Waals surface area (Å²) in [7, 11) is 2.17. The van der Waals surface area contributed by atoms with E-state index >= 15 is 0 Å². The molecular weight excluding hydrogens is 226 g/mol. The number of carbonyl (C=O) groups is 1. The van der Waals surface area contributed by atoms with E-state index in [2.05, 4.69) is 28.8 Å². The number of hydrogen-bond donors (Lipinski definition) is 1. The highest BCUT2D eigenvalue weighted by atomic mass is 16.1. The molecule has 1 fully saturated rings. The topological polar surface area (TPSA) is 39.3 Å². The number of hydrogen-bond acceptors (Lipinski definition) is 3. The zero-order valence-corrected chi connectivity index (χ0v) is 11.4. The molecule has 0 amide bonds. The molecule has 1 unspecified atom stereocenters. The standard InChI is InChI=1S/C14H23N3O/c1-3-12-10-16(2)8-5-9-17(12)11-14(18)13-6-4-7-15-13/h4,6-7,12,15H,3,5,8-11H2,1-2H3. The number of carbonyl (C=O) groups excluding carboxylic acids is 1. The third kappa shape index (κ3) is 3.21. The Morgan fingerprint density at radius 3 is 3.00 bits per heavy atom. The molecule has 0 saturated carbocycles. The van der Waals surface area contributed by atoms with Crippen LogP contribution in [0.1, 0.15) is 30.3 Å². The van der Waals surface area contributed by atoms with Crippen molar-refractivity contribution in [3.63, 3.8) is 0 Å². The van der Waals surface area contributed by atoms with E-state index in [1.54, 1.807) is 6.20 Å². The van der Waals surface area contributed by atoms with Crippen molar-refractivity contribution in [1.29, 1.82) is 0 Å². The van der Waals surface area contributed by atoms with Crippen LogP contribution in [0.25, 0.3) is 0 Å². The van der Waals surface area contributed by atoms with Crippen LogP contribution < -0.4 is 0 Å². The molecule has 100 valence electrons. The van der Waals surface area contributed by atoms with Gasteiger partial charge in [-0.3, -0.25) is 9.69 Å². The minimum Gasteiger partial charge on any atom is -0.359 e. The Labute approximate surface area is 109 Å². The molecule has 0 aliphatic carbocycles. The second-order valence-corrected chi connectivity index (χ2v) is 5.16. The first-order chi connectivity index (χ1) is 8.70. The summed E-state index contributed by atoms with van der Waals surface area (Å²) >= 11 is 0. The lowest BCUT2D eigenvalue weighted by molar-refractivity contribution is 0.0883. The predicted molar refractivity (Wildman–Crippen MR) is 72.9 cm³/mol. The average Bonchev–Trinajstić information content (AvgIpc) is 2.83. The largest absolute Gasteiger partial charge is 0.359 e. The molecule has 1 saturated heterocycles. The van der Waals surface area contributed by atoms with Crippen molar-refractivity contribution < 1.29 is 4.79 Å². The predicted octanol–water partition coefficient (Wildman–Crippen LogP) is 1.61. The first-order valence-corrected chi connectivity index (χ1v) is 6.80. The van der Waals surface area contributed by atoms with Crippen molar-refractivity contribution in [2.45, 2.75) is 25.8 Å². The van der Waals surface area contributed by atoms with Crippen LogP contribution in [0.5, 0.6) is 0 Å². The molecule has 1 aromatic rings. The Balaban J connectivity index is 1.99. The molecule has 0 radical (unpaired) electrons.